The number of halogens is 1. The van der Waals surface area contributed by atoms with Crippen LogP contribution in [0.1, 0.15) is 12.0 Å². The Morgan fingerprint density at radius 3 is 2.73 bits per heavy atom. The SMILES string of the molecule is NC1CCNCC1Cc1ccc(F)cc1. The van der Waals surface area contributed by atoms with E-state index >= 15 is 0 Å². The van der Waals surface area contributed by atoms with Gasteiger partial charge < -0.3 is 11.1 Å². The standard InChI is InChI=1S/C12H17FN2/c13-11-3-1-9(2-4-11)7-10-8-15-6-5-12(10)14/h1-4,10,12,15H,5-8,14H2. The van der Waals surface area contributed by atoms with Crippen LogP contribution in [0.4, 0.5) is 4.39 Å². The summed E-state index contributed by atoms with van der Waals surface area (Å²) in [6.45, 7) is 1.99. The van der Waals surface area contributed by atoms with E-state index in [9.17, 15) is 4.39 Å². The molecule has 2 atom stereocenters. The minimum atomic E-state index is -0.176. The van der Waals surface area contributed by atoms with E-state index in [0.717, 1.165) is 25.9 Å². The van der Waals surface area contributed by atoms with E-state index in [4.69, 9.17) is 5.73 Å². The molecule has 0 amide bonds. The molecule has 1 fully saturated rings. The molecule has 0 saturated carbocycles. The number of nitrogens with one attached hydrogen (secondary N) is 1. The van der Waals surface area contributed by atoms with E-state index in [2.05, 4.69) is 5.32 Å². The number of piperidine rings is 1. The van der Waals surface area contributed by atoms with Crippen LogP contribution in [0, 0.1) is 11.7 Å². The highest BCUT2D eigenvalue weighted by molar-refractivity contribution is 5.17. The highest BCUT2D eigenvalue weighted by Gasteiger charge is 2.21. The molecule has 2 unspecified atom stereocenters. The summed E-state index contributed by atoms with van der Waals surface area (Å²) in [6.07, 6.45) is 1.97. The maximum absolute atomic E-state index is 12.7. The Balaban J connectivity index is 1.98. The highest BCUT2D eigenvalue weighted by Crippen LogP contribution is 2.16. The average Bonchev–Trinajstić information content (AvgIpc) is 2.25. The first-order valence-corrected chi connectivity index (χ1v) is 5.46. The number of benzene rings is 1. The monoisotopic (exact) mass is 208 g/mol. The van der Waals surface area contributed by atoms with Crippen molar-refractivity contribution in [3.63, 3.8) is 0 Å². The summed E-state index contributed by atoms with van der Waals surface area (Å²) in [7, 11) is 0. The van der Waals surface area contributed by atoms with Gasteiger partial charge in [0.2, 0.25) is 0 Å². The first kappa shape index (κ1) is 10.6. The Morgan fingerprint density at radius 2 is 2.07 bits per heavy atom. The van der Waals surface area contributed by atoms with Crippen LogP contribution < -0.4 is 11.1 Å². The fourth-order valence-electron chi connectivity index (χ4n) is 2.09. The molecule has 1 aliphatic heterocycles. The predicted octanol–water partition coefficient (Wildman–Crippen LogP) is 1.30. The summed E-state index contributed by atoms with van der Waals surface area (Å²) in [6, 6.07) is 6.98. The summed E-state index contributed by atoms with van der Waals surface area (Å²) in [5.41, 5.74) is 7.21. The molecule has 2 nitrogen and oxygen atoms in total. The Morgan fingerprint density at radius 1 is 1.33 bits per heavy atom. The molecule has 0 spiro atoms. The van der Waals surface area contributed by atoms with Crippen molar-refractivity contribution in [3.8, 4) is 0 Å². The summed E-state index contributed by atoms with van der Waals surface area (Å²) >= 11 is 0. The molecule has 1 aromatic rings. The zero-order valence-electron chi connectivity index (χ0n) is 8.75. The Kier molecular flexibility index (Phi) is 3.34. The van der Waals surface area contributed by atoms with Crippen LogP contribution in [0.3, 0.4) is 0 Å². The molecule has 0 radical (unpaired) electrons. The molecule has 15 heavy (non-hydrogen) atoms. The van der Waals surface area contributed by atoms with Crippen LogP contribution in [0.25, 0.3) is 0 Å². The second kappa shape index (κ2) is 4.73. The van der Waals surface area contributed by atoms with E-state index in [0.29, 0.717) is 5.92 Å². The van der Waals surface area contributed by atoms with E-state index < -0.39 is 0 Å². The van der Waals surface area contributed by atoms with Gasteiger partial charge in [0.1, 0.15) is 5.82 Å². The largest absolute Gasteiger partial charge is 0.327 e. The second-order valence-electron chi connectivity index (χ2n) is 4.25. The van der Waals surface area contributed by atoms with Gasteiger partial charge in [-0.25, -0.2) is 4.39 Å². The second-order valence-corrected chi connectivity index (χ2v) is 4.25. The molecule has 82 valence electrons. The molecule has 0 aromatic heterocycles. The average molecular weight is 208 g/mol. The smallest absolute Gasteiger partial charge is 0.123 e. The lowest BCUT2D eigenvalue weighted by molar-refractivity contribution is 0.324. The molecule has 2 rings (SSSR count). The van der Waals surface area contributed by atoms with E-state index in [-0.39, 0.29) is 11.9 Å². The van der Waals surface area contributed by atoms with Gasteiger partial charge in [0.25, 0.3) is 0 Å². The van der Waals surface area contributed by atoms with Crippen molar-refractivity contribution < 1.29 is 4.39 Å². The van der Waals surface area contributed by atoms with Gasteiger partial charge in [-0.15, -0.1) is 0 Å². The Bertz CT molecular complexity index is 310. The van der Waals surface area contributed by atoms with Gasteiger partial charge in [-0.2, -0.15) is 0 Å². The number of nitrogens with two attached hydrogens (primary N) is 1. The van der Waals surface area contributed by atoms with Crippen LogP contribution >= 0.6 is 0 Å². The maximum Gasteiger partial charge on any atom is 0.123 e. The third-order valence-electron chi connectivity index (χ3n) is 3.08. The Hall–Kier alpha value is -0.930. The van der Waals surface area contributed by atoms with Crippen LogP contribution in [0.15, 0.2) is 24.3 Å². The molecule has 1 aromatic carbocycles. The van der Waals surface area contributed by atoms with Crippen molar-refractivity contribution in [2.45, 2.75) is 18.9 Å². The molecule has 1 saturated heterocycles. The lowest BCUT2D eigenvalue weighted by Crippen LogP contribution is -2.45. The van der Waals surface area contributed by atoms with E-state index in [1.54, 1.807) is 0 Å². The highest BCUT2D eigenvalue weighted by atomic mass is 19.1. The summed E-state index contributed by atoms with van der Waals surface area (Å²) < 4.78 is 12.7. The molecule has 3 N–H and O–H groups in total. The zero-order chi connectivity index (χ0) is 10.7. The molecule has 1 heterocycles. The zero-order valence-corrected chi connectivity index (χ0v) is 8.75. The summed E-state index contributed by atoms with van der Waals surface area (Å²) in [4.78, 5) is 0. The molecule has 1 aliphatic rings. The molecular formula is C12H17FN2. The van der Waals surface area contributed by atoms with Gasteiger partial charge in [0, 0.05) is 6.04 Å². The Labute approximate surface area is 89.7 Å². The minimum Gasteiger partial charge on any atom is -0.327 e. The van der Waals surface area contributed by atoms with Crippen molar-refractivity contribution in [1.29, 1.82) is 0 Å². The van der Waals surface area contributed by atoms with Crippen LogP contribution in [0.2, 0.25) is 0 Å². The molecule has 0 bridgehead atoms. The number of hydrogen-bond donors (Lipinski definition) is 2. The third-order valence-corrected chi connectivity index (χ3v) is 3.08. The minimum absolute atomic E-state index is 0.176. The lowest BCUT2D eigenvalue weighted by atomic mass is 9.88. The summed E-state index contributed by atoms with van der Waals surface area (Å²) in [5, 5.41) is 3.34. The van der Waals surface area contributed by atoms with Crippen LogP contribution in [0.5, 0.6) is 0 Å². The van der Waals surface area contributed by atoms with Crippen molar-refractivity contribution in [3.05, 3.63) is 35.6 Å². The van der Waals surface area contributed by atoms with Crippen molar-refractivity contribution in [2.75, 3.05) is 13.1 Å². The maximum atomic E-state index is 12.7. The normalized spacial score (nSPS) is 26.5. The lowest BCUT2D eigenvalue weighted by Gasteiger charge is -2.29. The number of rotatable bonds is 2. The van der Waals surface area contributed by atoms with Crippen molar-refractivity contribution >= 4 is 0 Å². The van der Waals surface area contributed by atoms with Gasteiger partial charge in [0.05, 0.1) is 0 Å². The van der Waals surface area contributed by atoms with Crippen LogP contribution in [-0.4, -0.2) is 19.1 Å². The topological polar surface area (TPSA) is 38.0 Å². The molecule has 3 heteroatoms. The van der Waals surface area contributed by atoms with E-state index in [1.165, 1.54) is 17.7 Å². The van der Waals surface area contributed by atoms with Crippen LogP contribution in [-0.2, 0) is 6.42 Å². The fourth-order valence-corrected chi connectivity index (χ4v) is 2.09. The van der Waals surface area contributed by atoms with Gasteiger partial charge in [-0.05, 0) is 49.5 Å². The molecule has 0 aliphatic carbocycles. The fraction of sp³-hybridized carbons (Fsp3) is 0.500. The third kappa shape index (κ3) is 2.76. The van der Waals surface area contributed by atoms with Crippen molar-refractivity contribution in [2.24, 2.45) is 11.7 Å². The van der Waals surface area contributed by atoms with Gasteiger partial charge in [-0.3, -0.25) is 0 Å². The first-order chi connectivity index (χ1) is 7.25. The first-order valence-electron chi connectivity index (χ1n) is 5.46. The molecular weight excluding hydrogens is 191 g/mol. The quantitative estimate of drug-likeness (QED) is 0.769. The van der Waals surface area contributed by atoms with E-state index in [1.807, 2.05) is 12.1 Å². The van der Waals surface area contributed by atoms with Gasteiger partial charge in [0.15, 0.2) is 0 Å². The van der Waals surface area contributed by atoms with Gasteiger partial charge in [-0.1, -0.05) is 12.1 Å². The van der Waals surface area contributed by atoms with Gasteiger partial charge >= 0.3 is 0 Å². The summed E-state index contributed by atoms with van der Waals surface area (Å²) in [5.74, 6) is 0.300. The number of hydrogen-bond acceptors (Lipinski definition) is 2. The predicted molar refractivity (Wildman–Crippen MR) is 59.1 cm³/mol. The van der Waals surface area contributed by atoms with Crippen molar-refractivity contribution in [1.82, 2.24) is 5.32 Å².